The molecule has 0 unspecified atom stereocenters. The average Bonchev–Trinajstić information content (AvgIpc) is 3.27. The molecule has 0 N–H and O–H groups in total. The summed E-state index contributed by atoms with van der Waals surface area (Å²) < 4.78 is 2.21. The highest BCUT2D eigenvalue weighted by molar-refractivity contribution is 6.10. The van der Waals surface area contributed by atoms with Crippen LogP contribution in [0, 0.1) is 22.7 Å². The van der Waals surface area contributed by atoms with E-state index in [2.05, 4.69) is 58.1 Å². The molecule has 6 rings (SSSR count). The minimum Gasteiger partial charge on any atom is -0.309 e. The van der Waals surface area contributed by atoms with Crippen LogP contribution in [0.3, 0.4) is 0 Å². The summed E-state index contributed by atoms with van der Waals surface area (Å²) in [6, 6.07) is 36.8. The van der Waals surface area contributed by atoms with E-state index in [4.69, 9.17) is 5.26 Å². The number of aromatic nitrogens is 2. The van der Waals surface area contributed by atoms with Crippen LogP contribution in [0.2, 0.25) is 0 Å². The van der Waals surface area contributed by atoms with Crippen molar-refractivity contribution < 1.29 is 0 Å². The molecule has 6 aromatic rings. The van der Waals surface area contributed by atoms with E-state index in [-0.39, 0.29) is 0 Å². The second kappa shape index (κ2) is 8.30. The summed E-state index contributed by atoms with van der Waals surface area (Å²) in [7, 11) is 0. The lowest BCUT2D eigenvalue weighted by atomic mass is 10.0. The first-order valence-electron chi connectivity index (χ1n) is 11.3. The number of pyridine rings is 1. The van der Waals surface area contributed by atoms with Crippen molar-refractivity contribution in [3.63, 3.8) is 0 Å². The number of nitrogens with zero attached hydrogens (tertiary/aromatic N) is 4. The largest absolute Gasteiger partial charge is 0.309 e. The third kappa shape index (κ3) is 3.42. The maximum Gasteiger partial charge on any atom is 0.0998 e. The van der Waals surface area contributed by atoms with Gasteiger partial charge >= 0.3 is 0 Å². The normalized spacial score (nSPS) is 10.8. The molecule has 0 amide bonds. The number of hydrogen-bond donors (Lipinski definition) is 0. The van der Waals surface area contributed by atoms with Gasteiger partial charge in [0.25, 0.3) is 0 Å². The quantitative estimate of drug-likeness (QED) is 0.287. The second-order valence-corrected chi connectivity index (χ2v) is 8.35. The standard InChI is InChI=1S/C31H18N4/c32-19-21-5-7-22(8-6-21)24-9-12-31-29(18-24)28-3-1-2-4-30(28)35(31)26-10-11-27(25(17-26)20-33)23-13-15-34-16-14-23/h1-18H. The summed E-state index contributed by atoms with van der Waals surface area (Å²) in [4.78, 5) is 4.09. The van der Waals surface area contributed by atoms with Gasteiger partial charge in [0.15, 0.2) is 0 Å². The molecule has 162 valence electrons. The van der Waals surface area contributed by atoms with E-state index in [0.717, 1.165) is 49.7 Å². The van der Waals surface area contributed by atoms with Gasteiger partial charge in [-0.15, -0.1) is 0 Å². The highest BCUT2D eigenvalue weighted by Crippen LogP contribution is 2.36. The van der Waals surface area contributed by atoms with E-state index < -0.39 is 0 Å². The van der Waals surface area contributed by atoms with E-state index in [9.17, 15) is 5.26 Å². The van der Waals surface area contributed by atoms with Gasteiger partial charge in [0.05, 0.1) is 34.3 Å². The zero-order valence-corrected chi connectivity index (χ0v) is 18.7. The summed E-state index contributed by atoms with van der Waals surface area (Å²) >= 11 is 0. The summed E-state index contributed by atoms with van der Waals surface area (Å²) in [5, 5.41) is 21.3. The third-order valence-corrected chi connectivity index (χ3v) is 6.39. The molecular weight excluding hydrogens is 428 g/mol. The van der Waals surface area contributed by atoms with Gasteiger partial charge in [0.1, 0.15) is 0 Å². The zero-order valence-electron chi connectivity index (χ0n) is 18.7. The minimum absolute atomic E-state index is 0.619. The van der Waals surface area contributed by atoms with Crippen molar-refractivity contribution in [3.05, 3.63) is 121 Å². The first kappa shape index (κ1) is 20.4. The SMILES string of the molecule is N#Cc1ccc(-c2ccc3c(c2)c2ccccc2n3-c2ccc(-c3ccncc3)c(C#N)c2)cc1. The van der Waals surface area contributed by atoms with Crippen LogP contribution in [0.4, 0.5) is 0 Å². The molecule has 0 atom stereocenters. The number of fused-ring (bicyclic) bond motifs is 3. The topological polar surface area (TPSA) is 65.4 Å². The van der Waals surface area contributed by atoms with Crippen LogP contribution in [-0.2, 0) is 0 Å². The van der Waals surface area contributed by atoms with Gasteiger partial charge in [0, 0.05) is 28.9 Å². The molecule has 0 aliphatic carbocycles. The Bertz CT molecular complexity index is 1800. The van der Waals surface area contributed by atoms with Gasteiger partial charge in [-0.1, -0.05) is 42.5 Å². The Balaban J connectivity index is 1.55. The van der Waals surface area contributed by atoms with Crippen molar-refractivity contribution in [2.45, 2.75) is 0 Å². The minimum atomic E-state index is 0.619. The highest BCUT2D eigenvalue weighted by atomic mass is 15.0. The summed E-state index contributed by atoms with van der Waals surface area (Å²) in [5.74, 6) is 0. The number of para-hydroxylation sites is 1. The molecule has 2 aromatic heterocycles. The van der Waals surface area contributed by atoms with Crippen LogP contribution in [0.15, 0.2) is 109 Å². The lowest BCUT2D eigenvalue weighted by Crippen LogP contribution is -1.96. The van der Waals surface area contributed by atoms with Crippen LogP contribution in [0.25, 0.3) is 49.7 Å². The lowest BCUT2D eigenvalue weighted by molar-refractivity contribution is 1.18. The fraction of sp³-hybridized carbons (Fsp3) is 0. The molecular formula is C31H18N4. The molecule has 0 bridgehead atoms. The summed E-state index contributed by atoms with van der Waals surface area (Å²) in [5.41, 5.74) is 8.39. The van der Waals surface area contributed by atoms with E-state index in [1.165, 1.54) is 0 Å². The van der Waals surface area contributed by atoms with Crippen LogP contribution in [0.1, 0.15) is 11.1 Å². The predicted molar refractivity (Wildman–Crippen MR) is 139 cm³/mol. The Hall–Kier alpha value is -5.19. The monoisotopic (exact) mass is 446 g/mol. The third-order valence-electron chi connectivity index (χ3n) is 6.39. The van der Waals surface area contributed by atoms with Crippen LogP contribution in [0.5, 0.6) is 0 Å². The molecule has 4 nitrogen and oxygen atoms in total. The summed E-state index contributed by atoms with van der Waals surface area (Å²) in [6.45, 7) is 0. The number of nitriles is 2. The summed E-state index contributed by atoms with van der Waals surface area (Å²) in [6.07, 6.45) is 3.48. The molecule has 0 spiro atoms. The van der Waals surface area contributed by atoms with E-state index in [1.54, 1.807) is 12.4 Å². The van der Waals surface area contributed by atoms with Crippen LogP contribution < -0.4 is 0 Å². The molecule has 0 aliphatic rings. The number of hydrogen-bond acceptors (Lipinski definition) is 3. The highest BCUT2D eigenvalue weighted by Gasteiger charge is 2.15. The molecule has 0 saturated carbocycles. The van der Waals surface area contributed by atoms with Gasteiger partial charge < -0.3 is 4.57 Å². The first-order chi connectivity index (χ1) is 17.3. The fourth-order valence-electron chi connectivity index (χ4n) is 4.71. The molecule has 4 heteroatoms. The van der Waals surface area contributed by atoms with E-state index in [0.29, 0.717) is 11.1 Å². The Morgan fingerprint density at radius 3 is 2.11 bits per heavy atom. The van der Waals surface area contributed by atoms with Crippen molar-refractivity contribution in [2.75, 3.05) is 0 Å². The zero-order chi connectivity index (χ0) is 23.8. The van der Waals surface area contributed by atoms with Gasteiger partial charge in [0.2, 0.25) is 0 Å². The number of rotatable bonds is 3. The Morgan fingerprint density at radius 2 is 1.34 bits per heavy atom. The van der Waals surface area contributed by atoms with Crippen molar-refractivity contribution in [3.8, 4) is 40.1 Å². The number of benzene rings is 4. The van der Waals surface area contributed by atoms with Gasteiger partial charge in [-0.2, -0.15) is 10.5 Å². The van der Waals surface area contributed by atoms with Crippen molar-refractivity contribution in [2.24, 2.45) is 0 Å². The van der Waals surface area contributed by atoms with Crippen LogP contribution >= 0.6 is 0 Å². The first-order valence-corrected chi connectivity index (χ1v) is 11.3. The van der Waals surface area contributed by atoms with Gasteiger partial charge in [-0.05, 0) is 76.9 Å². The fourth-order valence-corrected chi connectivity index (χ4v) is 4.71. The second-order valence-electron chi connectivity index (χ2n) is 8.35. The maximum atomic E-state index is 9.93. The van der Waals surface area contributed by atoms with Gasteiger partial charge in [-0.3, -0.25) is 4.98 Å². The molecule has 4 aromatic carbocycles. The van der Waals surface area contributed by atoms with Crippen molar-refractivity contribution >= 4 is 21.8 Å². The van der Waals surface area contributed by atoms with Crippen molar-refractivity contribution in [1.82, 2.24) is 9.55 Å². The lowest BCUT2D eigenvalue weighted by Gasteiger charge is -2.11. The Kier molecular flexibility index (Phi) is 4.84. The van der Waals surface area contributed by atoms with Crippen molar-refractivity contribution in [1.29, 1.82) is 10.5 Å². The van der Waals surface area contributed by atoms with E-state index in [1.807, 2.05) is 60.7 Å². The molecule has 0 saturated heterocycles. The van der Waals surface area contributed by atoms with Crippen LogP contribution in [-0.4, -0.2) is 9.55 Å². The molecule has 2 heterocycles. The van der Waals surface area contributed by atoms with E-state index >= 15 is 0 Å². The molecule has 35 heavy (non-hydrogen) atoms. The predicted octanol–water partition coefficient (Wildman–Crippen LogP) is 7.26. The Morgan fingerprint density at radius 1 is 0.600 bits per heavy atom. The average molecular weight is 447 g/mol. The molecule has 0 fully saturated rings. The molecule has 0 radical (unpaired) electrons. The molecule has 0 aliphatic heterocycles. The van der Waals surface area contributed by atoms with Gasteiger partial charge in [-0.25, -0.2) is 0 Å². The Labute approximate surface area is 202 Å². The smallest absolute Gasteiger partial charge is 0.0998 e. The maximum absolute atomic E-state index is 9.93.